The van der Waals surface area contributed by atoms with Crippen molar-refractivity contribution in [2.45, 2.75) is 25.7 Å². The van der Waals surface area contributed by atoms with Crippen LogP contribution in [0.5, 0.6) is 0 Å². The van der Waals surface area contributed by atoms with Gasteiger partial charge >= 0.3 is 7.12 Å². The Morgan fingerprint density at radius 1 is 0.793 bits per heavy atom. The van der Waals surface area contributed by atoms with Crippen LogP contribution >= 0.6 is 0 Å². The minimum absolute atomic E-state index is 0.102. The van der Waals surface area contributed by atoms with Crippen LogP contribution in [0.25, 0.3) is 0 Å². The van der Waals surface area contributed by atoms with Crippen LogP contribution in [0.4, 0.5) is 0 Å². The van der Waals surface area contributed by atoms with Gasteiger partial charge < -0.3 is 10.0 Å². The molecular formula is C24H27BN2O2. The van der Waals surface area contributed by atoms with Crippen molar-refractivity contribution in [1.82, 2.24) is 5.01 Å². The fourth-order valence-electron chi connectivity index (χ4n) is 3.88. The van der Waals surface area contributed by atoms with Gasteiger partial charge in [0, 0.05) is 18.6 Å². The summed E-state index contributed by atoms with van der Waals surface area (Å²) in [6.45, 7) is 4.53. The number of nitrogens with zero attached hydrogens (tertiary/aromatic N) is 2. The van der Waals surface area contributed by atoms with Gasteiger partial charge in [0.05, 0.1) is 0 Å². The predicted molar refractivity (Wildman–Crippen MR) is 120 cm³/mol. The van der Waals surface area contributed by atoms with Gasteiger partial charge in [-0.15, -0.1) is 0 Å². The molecule has 2 N–H and O–H groups in total. The highest BCUT2D eigenvalue weighted by atomic mass is 16.4. The monoisotopic (exact) mass is 386 g/mol. The first-order valence-corrected chi connectivity index (χ1v) is 9.93. The Morgan fingerprint density at radius 2 is 1.17 bits per heavy atom. The normalized spacial score (nSPS) is 11.9. The van der Waals surface area contributed by atoms with Crippen molar-refractivity contribution in [2.24, 2.45) is 5.10 Å². The highest BCUT2D eigenvalue weighted by molar-refractivity contribution is 6.46. The summed E-state index contributed by atoms with van der Waals surface area (Å²) in [6.07, 6.45) is 0.102. The van der Waals surface area contributed by atoms with Crippen LogP contribution in [0.3, 0.4) is 0 Å². The van der Waals surface area contributed by atoms with Crippen LogP contribution in [0, 0.1) is 0 Å². The van der Waals surface area contributed by atoms with E-state index in [-0.39, 0.29) is 6.32 Å². The van der Waals surface area contributed by atoms with Crippen molar-refractivity contribution in [3.63, 3.8) is 0 Å². The number of rotatable bonds is 8. The molecule has 148 valence electrons. The second kappa shape index (κ2) is 9.55. The third kappa shape index (κ3) is 4.42. The Morgan fingerprint density at radius 3 is 1.48 bits per heavy atom. The molecule has 0 unspecified atom stereocenters. The van der Waals surface area contributed by atoms with Crippen LogP contribution < -0.4 is 0 Å². The SMILES string of the molecule is CCN(/N=C(/C)CB(O)O)C(c1ccccc1)(c1ccccc1)c1ccccc1. The molecule has 0 aliphatic heterocycles. The molecule has 0 fully saturated rings. The molecule has 0 aliphatic carbocycles. The summed E-state index contributed by atoms with van der Waals surface area (Å²) in [5.74, 6) is 0. The summed E-state index contributed by atoms with van der Waals surface area (Å²) in [5, 5.41) is 25.8. The van der Waals surface area contributed by atoms with Crippen LogP contribution in [0.2, 0.25) is 6.32 Å². The van der Waals surface area contributed by atoms with Gasteiger partial charge in [-0.05, 0) is 30.5 Å². The molecule has 3 aromatic carbocycles. The topological polar surface area (TPSA) is 56.1 Å². The Bertz CT molecular complexity index is 819. The maximum absolute atomic E-state index is 9.42. The highest BCUT2D eigenvalue weighted by Crippen LogP contribution is 2.42. The smallest absolute Gasteiger partial charge is 0.427 e. The van der Waals surface area contributed by atoms with Crippen LogP contribution in [0.15, 0.2) is 96.1 Å². The molecule has 0 spiro atoms. The largest absolute Gasteiger partial charge is 0.457 e. The first-order valence-electron chi connectivity index (χ1n) is 9.93. The molecule has 0 atom stereocenters. The molecule has 5 heteroatoms. The summed E-state index contributed by atoms with van der Waals surface area (Å²) >= 11 is 0. The molecule has 29 heavy (non-hydrogen) atoms. The maximum Gasteiger partial charge on any atom is 0.457 e. The van der Waals surface area contributed by atoms with E-state index in [1.807, 2.05) is 66.5 Å². The lowest BCUT2D eigenvalue weighted by atomic mass is 9.76. The van der Waals surface area contributed by atoms with E-state index in [1.165, 1.54) is 0 Å². The van der Waals surface area contributed by atoms with Gasteiger partial charge in [0.25, 0.3) is 0 Å². The molecule has 4 nitrogen and oxygen atoms in total. The number of benzene rings is 3. The van der Waals surface area contributed by atoms with E-state index >= 15 is 0 Å². The summed E-state index contributed by atoms with van der Waals surface area (Å²) in [5.41, 5.74) is 3.30. The molecule has 0 amide bonds. The van der Waals surface area contributed by atoms with E-state index in [4.69, 9.17) is 5.10 Å². The molecule has 0 radical (unpaired) electrons. The average Bonchev–Trinajstić information content (AvgIpc) is 2.75. The van der Waals surface area contributed by atoms with Crippen molar-refractivity contribution >= 4 is 12.8 Å². The first-order chi connectivity index (χ1) is 14.1. The Kier molecular flexibility index (Phi) is 6.86. The van der Waals surface area contributed by atoms with E-state index in [9.17, 15) is 10.0 Å². The van der Waals surface area contributed by atoms with Gasteiger partial charge in [0.15, 0.2) is 0 Å². The van der Waals surface area contributed by atoms with Crippen LogP contribution in [-0.2, 0) is 5.54 Å². The summed E-state index contributed by atoms with van der Waals surface area (Å²) in [4.78, 5) is 0. The molecule has 3 rings (SSSR count). The van der Waals surface area contributed by atoms with Crippen LogP contribution in [-0.4, -0.2) is 34.4 Å². The molecule has 0 saturated carbocycles. The molecule has 0 saturated heterocycles. The Labute approximate surface area is 173 Å². The maximum atomic E-state index is 9.42. The van der Waals surface area contributed by atoms with E-state index in [0.717, 1.165) is 16.7 Å². The minimum atomic E-state index is -1.42. The lowest BCUT2D eigenvalue weighted by Crippen LogP contribution is -2.45. The molecule has 3 aromatic rings. The molecule has 0 aromatic heterocycles. The summed E-state index contributed by atoms with van der Waals surface area (Å²) in [6, 6.07) is 31.0. The number of hydrogen-bond donors (Lipinski definition) is 2. The Hall–Kier alpha value is -2.89. The van der Waals surface area contributed by atoms with E-state index in [0.29, 0.717) is 12.3 Å². The van der Waals surface area contributed by atoms with Gasteiger partial charge in [-0.1, -0.05) is 91.0 Å². The number of hydrazone groups is 1. The predicted octanol–water partition coefficient (Wildman–Crippen LogP) is 4.15. The second-order valence-electron chi connectivity index (χ2n) is 7.04. The van der Waals surface area contributed by atoms with Crippen molar-refractivity contribution in [2.75, 3.05) is 6.54 Å². The fourth-order valence-corrected chi connectivity index (χ4v) is 3.88. The van der Waals surface area contributed by atoms with Gasteiger partial charge in [-0.2, -0.15) is 5.10 Å². The molecular weight excluding hydrogens is 359 g/mol. The second-order valence-corrected chi connectivity index (χ2v) is 7.04. The van der Waals surface area contributed by atoms with Gasteiger partial charge in [-0.25, -0.2) is 0 Å². The summed E-state index contributed by atoms with van der Waals surface area (Å²) in [7, 11) is -1.42. The van der Waals surface area contributed by atoms with Gasteiger partial charge in [-0.3, -0.25) is 5.01 Å². The quantitative estimate of drug-likeness (QED) is 0.265. The van der Waals surface area contributed by atoms with Crippen molar-refractivity contribution in [1.29, 1.82) is 0 Å². The molecule has 0 aliphatic rings. The minimum Gasteiger partial charge on any atom is -0.427 e. The molecule has 0 heterocycles. The van der Waals surface area contributed by atoms with Crippen molar-refractivity contribution in [3.8, 4) is 0 Å². The number of hydrogen-bond acceptors (Lipinski definition) is 4. The zero-order chi connectivity index (χ0) is 20.7. The zero-order valence-electron chi connectivity index (χ0n) is 16.9. The van der Waals surface area contributed by atoms with E-state index < -0.39 is 12.7 Å². The lowest BCUT2D eigenvalue weighted by Gasteiger charge is -2.44. The van der Waals surface area contributed by atoms with Crippen molar-refractivity contribution in [3.05, 3.63) is 108 Å². The van der Waals surface area contributed by atoms with Gasteiger partial charge in [0.2, 0.25) is 0 Å². The van der Waals surface area contributed by atoms with Crippen LogP contribution in [0.1, 0.15) is 30.5 Å². The summed E-state index contributed by atoms with van der Waals surface area (Å²) < 4.78 is 0. The fraction of sp³-hybridized carbons (Fsp3) is 0.208. The van der Waals surface area contributed by atoms with Gasteiger partial charge in [0.1, 0.15) is 5.54 Å². The zero-order valence-corrected chi connectivity index (χ0v) is 16.9. The average molecular weight is 386 g/mol. The lowest BCUT2D eigenvalue weighted by molar-refractivity contribution is 0.173. The highest BCUT2D eigenvalue weighted by Gasteiger charge is 2.41. The third-order valence-corrected chi connectivity index (χ3v) is 5.03. The van der Waals surface area contributed by atoms with E-state index in [1.54, 1.807) is 0 Å². The molecule has 0 bridgehead atoms. The standard InChI is InChI=1S/C24H27BN2O2/c1-3-27(26-20(2)19-25(28)29)24(21-13-7-4-8-14-21,22-15-9-5-10-16-22)23-17-11-6-12-18-23/h4-18,28-29H,3,19H2,1-2H3/b26-20-. The van der Waals surface area contributed by atoms with E-state index in [2.05, 4.69) is 43.3 Å². The Balaban J connectivity index is 2.33. The van der Waals surface area contributed by atoms with Crippen molar-refractivity contribution < 1.29 is 10.0 Å². The third-order valence-electron chi connectivity index (χ3n) is 5.03. The first kappa shape index (κ1) is 20.8.